The molecule has 20 heavy (non-hydrogen) atoms. The molecule has 0 aromatic carbocycles. The molecule has 8 heteroatoms. The fraction of sp³-hybridized carbons (Fsp3) is 0.750. The Hall–Kier alpha value is -1.50. The zero-order valence-electron chi connectivity index (χ0n) is 12.3. The predicted octanol–water partition coefficient (Wildman–Crippen LogP) is 0.796. The fourth-order valence-electron chi connectivity index (χ4n) is 1.15. The number of ether oxygens (including phenoxy) is 2. The molecule has 0 rings (SSSR count). The molecule has 0 saturated heterocycles. The van der Waals surface area contributed by atoms with Gasteiger partial charge in [-0.1, -0.05) is 0 Å². The number of methoxy groups -OCH3 is 1. The standard InChI is InChI=1S/C12H21ClN2O5/c1-7(14-11(18)20-12(2,3)4)9(16)15-8(6-13)10(17)19-5/h7-8H,6H2,1-5H3,(H,14,18)(H,15,16)/t7-,8-/m0/s1. The van der Waals surface area contributed by atoms with Crippen molar-refractivity contribution in [3.8, 4) is 0 Å². The highest BCUT2D eigenvalue weighted by Crippen LogP contribution is 2.06. The lowest BCUT2D eigenvalue weighted by Crippen LogP contribution is -2.51. The molecule has 0 fully saturated rings. The molecule has 0 aromatic rings. The molecule has 7 nitrogen and oxygen atoms in total. The monoisotopic (exact) mass is 308 g/mol. The van der Waals surface area contributed by atoms with Gasteiger partial charge in [0.1, 0.15) is 17.7 Å². The average Bonchev–Trinajstić information content (AvgIpc) is 2.31. The minimum Gasteiger partial charge on any atom is -0.467 e. The first-order chi connectivity index (χ1) is 9.10. The van der Waals surface area contributed by atoms with Gasteiger partial charge in [0, 0.05) is 0 Å². The fourth-order valence-corrected chi connectivity index (χ4v) is 1.35. The van der Waals surface area contributed by atoms with Gasteiger partial charge in [0.15, 0.2) is 0 Å². The molecule has 0 aliphatic rings. The van der Waals surface area contributed by atoms with Gasteiger partial charge in [-0.25, -0.2) is 9.59 Å². The van der Waals surface area contributed by atoms with Gasteiger partial charge in [0.25, 0.3) is 0 Å². The molecule has 2 atom stereocenters. The van der Waals surface area contributed by atoms with E-state index < -0.39 is 35.7 Å². The van der Waals surface area contributed by atoms with Gasteiger partial charge in [-0.2, -0.15) is 0 Å². The van der Waals surface area contributed by atoms with Crippen LogP contribution in [-0.4, -0.2) is 48.6 Å². The molecule has 0 aliphatic heterocycles. The number of alkyl halides is 1. The summed E-state index contributed by atoms with van der Waals surface area (Å²) >= 11 is 5.56. The van der Waals surface area contributed by atoms with Crippen LogP contribution in [0.25, 0.3) is 0 Å². The Bertz CT molecular complexity index is 367. The first-order valence-corrected chi connectivity index (χ1v) is 6.58. The highest BCUT2D eigenvalue weighted by atomic mass is 35.5. The highest BCUT2D eigenvalue weighted by molar-refractivity contribution is 6.20. The van der Waals surface area contributed by atoms with Crippen LogP contribution in [0.2, 0.25) is 0 Å². The maximum Gasteiger partial charge on any atom is 0.408 e. The molecule has 0 heterocycles. The van der Waals surface area contributed by atoms with E-state index in [1.807, 2.05) is 0 Å². The van der Waals surface area contributed by atoms with E-state index in [9.17, 15) is 14.4 Å². The third-order valence-corrected chi connectivity index (χ3v) is 2.39. The largest absolute Gasteiger partial charge is 0.467 e. The van der Waals surface area contributed by atoms with E-state index in [0.29, 0.717) is 0 Å². The number of alkyl carbamates (subject to hydrolysis) is 1. The Balaban J connectivity index is 4.41. The van der Waals surface area contributed by atoms with E-state index in [1.165, 1.54) is 14.0 Å². The lowest BCUT2D eigenvalue weighted by atomic mass is 10.2. The van der Waals surface area contributed by atoms with Crippen LogP contribution >= 0.6 is 11.6 Å². The summed E-state index contributed by atoms with van der Waals surface area (Å²) in [6.07, 6.45) is -0.722. The summed E-state index contributed by atoms with van der Waals surface area (Å²) in [5.41, 5.74) is -0.662. The molecule has 2 N–H and O–H groups in total. The second kappa shape index (κ2) is 7.94. The number of halogens is 1. The second-order valence-corrected chi connectivity index (χ2v) is 5.42. The smallest absolute Gasteiger partial charge is 0.408 e. The minimum absolute atomic E-state index is 0.127. The Morgan fingerprint density at radius 3 is 2.15 bits per heavy atom. The van der Waals surface area contributed by atoms with Crippen molar-refractivity contribution >= 4 is 29.6 Å². The molecule has 0 radical (unpaired) electrons. The van der Waals surface area contributed by atoms with Crippen LogP contribution < -0.4 is 10.6 Å². The first-order valence-electron chi connectivity index (χ1n) is 6.04. The summed E-state index contributed by atoms with van der Waals surface area (Å²) in [6, 6.07) is -1.84. The van der Waals surface area contributed by atoms with Crippen molar-refractivity contribution in [2.75, 3.05) is 13.0 Å². The molecule has 0 bridgehead atoms. The lowest BCUT2D eigenvalue weighted by Gasteiger charge is -2.22. The van der Waals surface area contributed by atoms with Gasteiger partial charge < -0.3 is 20.1 Å². The normalized spacial score (nSPS) is 13.9. The molecule has 0 spiro atoms. The van der Waals surface area contributed by atoms with Crippen LogP contribution in [0.5, 0.6) is 0 Å². The number of rotatable bonds is 5. The Kier molecular flexibility index (Phi) is 7.34. The maximum atomic E-state index is 11.8. The van der Waals surface area contributed by atoms with Crippen molar-refractivity contribution in [1.82, 2.24) is 10.6 Å². The topological polar surface area (TPSA) is 93.7 Å². The first kappa shape index (κ1) is 18.5. The third kappa shape index (κ3) is 7.18. The van der Waals surface area contributed by atoms with Gasteiger partial charge in [-0.15, -0.1) is 11.6 Å². The quantitative estimate of drug-likeness (QED) is 0.578. The van der Waals surface area contributed by atoms with E-state index in [2.05, 4.69) is 15.4 Å². The van der Waals surface area contributed by atoms with Crippen molar-refractivity contribution in [1.29, 1.82) is 0 Å². The van der Waals surface area contributed by atoms with Crippen molar-refractivity contribution in [3.63, 3.8) is 0 Å². The predicted molar refractivity (Wildman–Crippen MR) is 73.5 cm³/mol. The van der Waals surface area contributed by atoms with Crippen LogP contribution in [0, 0.1) is 0 Å². The maximum absolute atomic E-state index is 11.8. The molecule has 0 aromatic heterocycles. The number of hydrogen-bond acceptors (Lipinski definition) is 5. The number of esters is 1. The third-order valence-electron chi connectivity index (χ3n) is 2.08. The number of carbonyl (C=O) groups excluding carboxylic acids is 3. The van der Waals surface area contributed by atoms with Crippen LogP contribution in [0.3, 0.4) is 0 Å². The van der Waals surface area contributed by atoms with E-state index in [4.69, 9.17) is 16.3 Å². The van der Waals surface area contributed by atoms with Crippen LogP contribution in [0.15, 0.2) is 0 Å². The summed E-state index contributed by atoms with van der Waals surface area (Å²) in [6.45, 7) is 6.58. The Labute approximate surface area is 123 Å². The zero-order valence-corrected chi connectivity index (χ0v) is 13.0. The summed E-state index contributed by atoms with van der Waals surface area (Å²) < 4.78 is 9.49. The van der Waals surface area contributed by atoms with Crippen LogP contribution in [0.4, 0.5) is 4.79 Å². The van der Waals surface area contributed by atoms with Crippen molar-refractivity contribution in [2.45, 2.75) is 45.4 Å². The summed E-state index contributed by atoms with van der Waals surface area (Å²) in [7, 11) is 1.19. The Morgan fingerprint density at radius 2 is 1.75 bits per heavy atom. The number of hydrogen-bond donors (Lipinski definition) is 2. The van der Waals surface area contributed by atoms with Gasteiger partial charge in [0.05, 0.1) is 13.0 Å². The average molecular weight is 309 g/mol. The minimum atomic E-state index is -0.961. The van der Waals surface area contributed by atoms with Crippen molar-refractivity contribution in [2.24, 2.45) is 0 Å². The molecular formula is C12H21ClN2O5. The summed E-state index contributed by atoms with van der Waals surface area (Å²) in [5.74, 6) is -1.35. The van der Waals surface area contributed by atoms with E-state index >= 15 is 0 Å². The number of amides is 2. The van der Waals surface area contributed by atoms with Crippen molar-refractivity contribution in [3.05, 3.63) is 0 Å². The van der Waals surface area contributed by atoms with Gasteiger partial charge in [-0.3, -0.25) is 4.79 Å². The van der Waals surface area contributed by atoms with Crippen LogP contribution in [-0.2, 0) is 19.1 Å². The highest BCUT2D eigenvalue weighted by Gasteiger charge is 2.25. The zero-order chi connectivity index (χ0) is 15.9. The van der Waals surface area contributed by atoms with Gasteiger partial charge in [-0.05, 0) is 27.7 Å². The van der Waals surface area contributed by atoms with E-state index in [0.717, 1.165) is 0 Å². The molecule has 0 unspecified atom stereocenters. The number of carbonyl (C=O) groups is 3. The Morgan fingerprint density at radius 1 is 1.20 bits per heavy atom. The second-order valence-electron chi connectivity index (χ2n) is 5.11. The number of nitrogens with one attached hydrogen (secondary N) is 2. The van der Waals surface area contributed by atoms with Crippen LogP contribution in [0.1, 0.15) is 27.7 Å². The molecule has 0 saturated carbocycles. The van der Waals surface area contributed by atoms with Gasteiger partial charge in [0.2, 0.25) is 5.91 Å². The van der Waals surface area contributed by atoms with E-state index in [1.54, 1.807) is 20.8 Å². The summed E-state index contributed by atoms with van der Waals surface area (Å²) in [4.78, 5) is 34.6. The SMILES string of the molecule is COC(=O)[C@H](CCl)NC(=O)[C@H](C)NC(=O)OC(C)(C)C. The van der Waals surface area contributed by atoms with E-state index in [-0.39, 0.29) is 5.88 Å². The summed E-state index contributed by atoms with van der Waals surface area (Å²) in [5, 5.41) is 4.72. The molecular weight excluding hydrogens is 288 g/mol. The molecule has 2 amide bonds. The molecule has 116 valence electrons. The molecule has 0 aliphatic carbocycles. The van der Waals surface area contributed by atoms with Crippen molar-refractivity contribution < 1.29 is 23.9 Å². The van der Waals surface area contributed by atoms with Gasteiger partial charge >= 0.3 is 12.1 Å². The lowest BCUT2D eigenvalue weighted by molar-refractivity contribution is -0.144.